The minimum Gasteiger partial charge on any atom is -0.484 e. The van der Waals surface area contributed by atoms with Gasteiger partial charge in [-0.15, -0.1) is 0 Å². The molecule has 0 fully saturated rings. The molecule has 13 heavy (non-hydrogen) atoms. The van der Waals surface area contributed by atoms with E-state index in [0.29, 0.717) is 5.82 Å². The van der Waals surface area contributed by atoms with E-state index < -0.39 is 13.0 Å². The van der Waals surface area contributed by atoms with Gasteiger partial charge in [0.2, 0.25) is 0 Å². The van der Waals surface area contributed by atoms with Crippen molar-refractivity contribution in [3.8, 4) is 5.75 Å². The lowest BCUT2D eigenvalue weighted by Crippen LogP contribution is -2.08. The predicted molar refractivity (Wildman–Crippen MR) is 41.4 cm³/mol. The molecule has 0 aliphatic rings. The molecule has 6 heteroatoms. The van der Waals surface area contributed by atoms with Gasteiger partial charge in [0.15, 0.2) is 5.75 Å². The molecule has 0 bridgehead atoms. The van der Waals surface area contributed by atoms with Crippen molar-refractivity contribution in [2.45, 2.75) is 13.0 Å². The Labute approximate surface area is 73.8 Å². The molecule has 0 unspecified atom stereocenters. The molecule has 0 aliphatic carbocycles. The molecule has 4 nitrogen and oxygen atoms in total. The highest BCUT2D eigenvalue weighted by Crippen LogP contribution is 2.07. The number of ether oxygens (including phenoxy) is 1. The maximum absolute atomic E-state index is 11.7. The summed E-state index contributed by atoms with van der Waals surface area (Å²) in [6.07, 6.45) is 0.143. The smallest absolute Gasteiger partial charge is 0.272 e. The van der Waals surface area contributed by atoms with E-state index in [-0.39, 0.29) is 12.3 Å². The topological polar surface area (TPSA) is 61.0 Å². The predicted octanol–water partition coefficient (Wildman–Crippen LogP) is 0.579. The van der Waals surface area contributed by atoms with Crippen molar-refractivity contribution >= 4 is 0 Å². The molecule has 0 spiro atoms. The van der Waals surface area contributed by atoms with E-state index in [1.54, 1.807) is 0 Å². The Morgan fingerprint density at radius 3 is 2.46 bits per heavy atom. The maximum atomic E-state index is 11.7. The first-order chi connectivity index (χ1) is 6.22. The number of hydrogen-bond donors (Lipinski definition) is 1. The molecule has 1 aromatic heterocycles. The summed E-state index contributed by atoms with van der Waals surface area (Å²) in [5, 5.41) is 0. The molecule has 0 aromatic carbocycles. The second-order valence-corrected chi connectivity index (χ2v) is 2.24. The average molecular weight is 189 g/mol. The van der Waals surface area contributed by atoms with Gasteiger partial charge in [-0.3, -0.25) is 0 Å². The largest absolute Gasteiger partial charge is 0.484 e. The van der Waals surface area contributed by atoms with Crippen LogP contribution in [-0.2, 0) is 6.54 Å². The Kier molecular flexibility index (Phi) is 3.51. The maximum Gasteiger partial charge on any atom is 0.272 e. The van der Waals surface area contributed by atoms with Gasteiger partial charge in [0.05, 0.1) is 18.9 Å². The molecule has 2 N–H and O–H groups in total. The highest BCUT2D eigenvalue weighted by molar-refractivity contribution is 5.12. The Balaban J connectivity index is 2.49. The summed E-state index contributed by atoms with van der Waals surface area (Å²) < 4.78 is 28.0. The van der Waals surface area contributed by atoms with Crippen molar-refractivity contribution in [3.05, 3.63) is 18.2 Å². The first-order valence-electron chi connectivity index (χ1n) is 3.64. The van der Waals surface area contributed by atoms with E-state index >= 15 is 0 Å². The normalized spacial score (nSPS) is 10.5. The van der Waals surface area contributed by atoms with Crippen LogP contribution >= 0.6 is 0 Å². The zero-order valence-corrected chi connectivity index (χ0v) is 6.78. The molecule has 0 aliphatic heterocycles. The Bertz CT molecular complexity index is 252. The third-order valence-electron chi connectivity index (χ3n) is 1.24. The quantitative estimate of drug-likeness (QED) is 0.752. The molecule has 1 heterocycles. The van der Waals surface area contributed by atoms with E-state index in [4.69, 9.17) is 5.73 Å². The fourth-order valence-corrected chi connectivity index (χ4v) is 0.682. The number of hydrogen-bond acceptors (Lipinski definition) is 4. The Hall–Kier alpha value is -1.30. The second kappa shape index (κ2) is 4.66. The fourth-order valence-electron chi connectivity index (χ4n) is 0.682. The van der Waals surface area contributed by atoms with Gasteiger partial charge in [0.1, 0.15) is 12.4 Å². The monoisotopic (exact) mass is 189 g/mol. The zero-order chi connectivity index (χ0) is 9.68. The number of nitrogens with two attached hydrogens (primary N) is 1. The molecule has 0 saturated heterocycles. The van der Waals surface area contributed by atoms with Crippen LogP contribution in [-0.4, -0.2) is 23.0 Å². The standard InChI is InChI=1S/C7H9F2N3O/c8-6(9)4-13-5-2-11-7(1-10)12-3-5/h2-3,6H,1,4,10H2. The molecule has 1 aromatic rings. The summed E-state index contributed by atoms with van der Waals surface area (Å²) in [4.78, 5) is 7.54. The summed E-state index contributed by atoms with van der Waals surface area (Å²) >= 11 is 0. The molecule has 0 saturated carbocycles. The van der Waals surface area contributed by atoms with Crippen LogP contribution in [0.1, 0.15) is 5.82 Å². The Morgan fingerprint density at radius 1 is 1.38 bits per heavy atom. The average Bonchev–Trinajstić information content (AvgIpc) is 2.15. The van der Waals surface area contributed by atoms with Gasteiger partial charge < -0.3 is 10.5 Å². The third kappa shape index (κ3) is 3.29. The molecular weight excluding hydrogens is 180 g/mol. The second-order valence-electron chi connectivity index (χ2n) is 2.24. The van der Waals surface area contributed by atoms with Crippen LogP contribution in [0.25, 0.3) is 0 Å². The number of halogens is 2. The van der Waals surface area contributed by atoms with Crippen molar-refractivity contribution in [1.29, 1.82) is 0 Å². The van der Waals surface area contributed by atoms with Crippen molar-refractivity contribution in [2.75, 3.05) is 6.61 Å². The minimum absolute atomic E-state index is 0.217. The van der Waals surface area contributed by atoms with Crippen LogP contribution in [0.4, 0.5) is 8.78 Å². The van der Waals surface area contributed by atoms with E-state index in [1.165, 1.54) is 12.4 Å². The van der Waals surface area contributed by atoms with Crippen LogP contribution in [0.5, 0.6) is 5.75 Å². The summed E-state index contributed by atoms with van der Waals surface area (Å²) in [5.41, 5.74) is 5.24. The van der Waals surface area contributed by atoms with E-state index in [1.807, 2.05) is 0 Å². The van der Waals surface area contributed by atoms with Gasteiger partial charge in [0.25, 0.3) is 6.43 Å². The zero-order valence-electron chi connectivity index (χ0n) is 6.78. The van der Waals surface area contributed by atoms with Gasteiger partial charge in [0, 0.05) is 0 Å². The van der Waals surface area contributed by atoms with E-state index in [0.717, 1.165) is 0 Å². The summed E-state index contributed by atoms with van der Waals surface area (Å²) in [7, 11) is 0. The summed E-state index contributed by atoms with van der Waals surface area (Å²) in [6, 6.07) is 0. The molecule has 72 valence electrons. The summed E-state index contributed by atoms with van der Waals surface area (Å²) in [5.74, 6) is 0.668. The molecule has 0 radical (unpaired) electrons. The van der Waals surface area contributed by atoms with Gasteiger partial charge in [-0.25, -0.2) is 18.7 Å². The van der Waals surface area contributed by atoms with Gasteiger partial charge in [-0.2, -0.15) is 0 Å². The van der Waals surface area contributed by atoms with Gasteiger partial charge in [-0.05, 0) is 0 Å². The van der Waals surface area contributed by atoms with Gasteiger partial charge in [-0.1, -0.05) is 0 Å². The lowest BCUT2D eigenvalue weighted by Gasteiger charge is -2.03. The summed E-state index contributed by atoms with van der Waals surface area (Å²) in [6.45, 7) is -0.430. The van der Waals surface area contributed by atoms with Gasteiger partial charge >= 0.3 is 0 Å². The van der Waals surface area contributed by atoms with E-state index in [2.05, 4.69) is 14.7 Å². The van der Waals surface area contributed by atoms with E-state index in [9.17, 15) is 8.78 Å². The minimum atomic E-state index is -2.49. The van der Waals surface area contributed by atoms with Crippen molar-refractivity contribution in [3.63, 3.8) is 0 Å². The highest BCUT2D eigenvalue weighted by atomic mass is 19.3. The number of nitrogens with zero attached hydrogens (tertiary/aromatic N) is 2. The van der Waals surface area contributed by atoms with Crippen molar-refractivity contribution < 1.29 is 13.5 Å². The van der Waals surface area contributed by atoms with Crippen molar-refractivity contribution in [1.82, 2.24) is 9.97 Å². The molecular formula is C7H9F2N3O. The van der Waals surface area contributed by atoms with Crippen LogP contribution in [0, 0.1) is 0 Å². The van der Waals surface area contributed by atoms with Crippen LogP contribution in [0.3, 0.4) is 0 Å². The first-order valence-corrected chi connectivity index (χ1v) is 3.64. The van der Waals surface area contributed by atoms with Crippen molar-refractivity contribution in [2.24, 2.45) is 5.73 Å². The molecule has 0 atom stereocenters. The lowest BCUT2D eigenvalue weighted by molar-refractivity contribution is 0.0815. The van der Waals surface area contributed by atoms with Crippen LogP contribution in [0.2, 0.25) is 0 Å². The number of rotatable bonds is 4. The van der Waals surface area contributed by atoms with Crippen LogP contribution < -0.4 is 10.5 Å². The third-order valence-corrected chi connectivity index (χ3v) is 1.24. The fraction of sp³-hybridized carbons (Fsp3) is 0.429. The SMILES string of the molecule is NCc1ncc(OCC(F)F)cn1. The highest BCUT2D eigenvalue weighted by Gasteiger charge is 2.03. The molecule has 0 amide bonds. The lowest BCUT2D eigenvalue weighted by atomic mass is 10.5. The Morgan fingerprint density at radius 2 is 2.00 bits per heavy atom. The molecule has 1 rings (SSSR count). The van der Waals surface area contributed by atoms with Crippen LogP contribution in [0.15, 0.2) is 12.4 Å². The number of alkyl halides is 2. The number of aromatic nitrogens is 2. The first kappa shape index (κ1) is 9.79.